The lowest BCUT2D eigenvalue weighted by atomic mass is 9.94. The maximum atomic E-state index is 5.36. The Balaban J connectivity index is 1.81. The highest BCUT2D eigenvalue weighted by Gasteiger charge is 2.24. The summed E-state index contributed by atoms with van der Waals surface area (Å²) in [4.78, 5) is 8.52. The first-order valence-corrected chi connectivity index (χ1v) is 6.30. The Kier molecular flexibility index (Phi) is 3.06. The SMILES string of the molecule is CC1CCNC(c2nc(-c3cccnc3)no2)C1. The number of rotatable bonds is 2. The summed E-state index contributed by atoms with van der Waals surface area (Å²) in [5.41, 5.74) is 0.886. The highest BCUT2D eigenvalue weighted by atomic mass is 16.5. The molecule has 0 radical (unpaired) electrons. The largest absolute Gasteiger partial charge is 0.337 e. The third-order valence-corrected chi connectivity index (χ3v) is 3.33. The van der Waals surface area contributed by atoms with E-state index >= 15 is 0 Å². The first-order chi connectivity index (χ1) is 8.83. The molecule has 1 N–H and O–H groups in total. The second-order valence-electron chi connectivity index (χ2n) is 4.83. The van der Waals surface area contributed by atoms with Crippen LogP contribution in [0, 0.1) is 5.92 Å². The Bertz CT molecular complexity index is 511. The Morgan fingerprint density at radius 1 is 1.44 bits per heavy atom. The predicted molar refractivity (Wildman–Crippen MR) is 66.7 cm³/mol. The summed E-state index contributed by atoms with van der Waals surface area (Å²) >= 11 is 0. The minimum atomic E-state index is 0.187. The van der Waals surface area contributed by atoms with E-state index in [0.717, 1.165) is 18.5 Å². The molecule has 0 aliphatic carbocycles. The summed E-state index contributed by atoms with van der Waals surface area (Å²) < 4.78 is 5.36. The van der Waals surface area contributed by atoms with Gasteiger partial charge in [0.2, 0.25) is 11.7 Å². The monoisotopic (exact) mass is 244 g/mol. The average Bonchev–Trinajstić information content (AvgIpc) is 2.89. The van der Waals surface area contributed by atoms with Crippen molar-refractivity contribution in [2.45, 2.75) is 25.8 Å². The van der Waals surface area contributed by atoms with Crippen LogP contribution >= 0.6 is 0 Å². The molecule has 2 unspecified atom stereocenters. The molecular weight excluding hydrogens is 228 g/mol. The highest BCUT2D eigenvalue weighted by Crippen LogP contribution is 2.27. The maximum Gasteiger partial charge on any atom is 0.244 e. The molecule has 0 bridgehead atoms. The summed E-state index contributed by atoms with van der Waals surface area (Å²) in [6, 6.07) is 3.98. The van der Waals surface area contributed by atoms with Gasteiger partial charge in [0.1, 0.15) is 0 Å². The highest BCUT2D eigenvalue weighted by molar-refractivity contribution is 5.51. The molecule has 0 aromatic carbocycles. The summed E-state index contributed by atoms with van der Waals surface area (Å²) in [5, 5.41) is 7.44. The van der Waals surface area contributed by atoms with E-state index in [1.807, 2.05) is 12.1 Å². The minimum absolute atomic E-state index is 0.187. The Hall–Kier alpha value is -1.75. The number of nitrogens with zero attached hydrogens (tertiary/aromatic N) is 3. The molecule has 18 heavy (non-hydrogen) atoms. The standard InChI is InChI=1S/C13H16N4O/c1-9-4-6-15-11(7-9)13-16-12(17-18-13)10-3-2-5-14-8-10/h2-3,5,8-9,11,15H,4,6-7H2,1H3. The van der Waals surface area contributed by atoms with Crippen molar-refractivity contribution >= 4 is 0 Å². The normalized spacial score (nSPS) is 24.1. The van der Waals surface area contributed by atoms with Crippen molar-refractivity contribution in [2.75, 3.05) is 6.54 Å². The van der Waals surface area contributed by atoms with Gasteiger partial charge in [-0.1, -0.05) is 12.1 Å². The lowest BCUT2D eigenvalue weighted by molar-refractivity contribution is 0.260. The fraction of sp³-hybridized carbons (Fsp3) is 0.462. The zero-order valence-corrected chi connectivity index (χ0v) is 10.3. The number of pyridine rings is 1. The number of piperidine rings is 1. The van der Waals surface area contributed by atoms with Gasteiger partial charge in [-0.05, 0) is 37.4 Å². The van der Waals surface area contributed by atoms with E-state index in [-0.39, 0.29) is 6.04 Å². The molecule has 1 fully saturated rings. The molecular formula is C13H16N4O. The second kappa shape index (κ2) is 4.86. The Labute approximate surface area is 106 Å². The number of hydrogen-bond donors (Lipinski definition) is 1. The van der Waals surface area contributed by atoms with Crippen molar-refractivity contribution in [1.29, 1.82) is 0 Å². The molecule has 1 saturated heterocycles. The van der Waals surface area contributed by atoms with E-state index in [0.29, 0.717) is 17.6 Å². The molecule has 0 amide bonds. The van der Waals surface area contributed by atoms with Crippen molar-refractivity contribution in [3.63, 3.8) is 0 Å². The molecule has 2 aromatic rings. The smallest absolute Gasteiger partial charge is 0.244 e. The van der Waals surface area contributed by atoms with E-state index in [1.54, 1.807) is 12.4 Å². The molecule has 3 rings (SSSR count). The maximum absolute atomic E-state index is 5.36. The van der Waals surface area contributed by atoms with Crippen LogP contribution < -0.4 is 5.32 Å². The van der Waals surface area contributed by atoms with Crippen molar-refractivity contribution in [2.24, 2.45) is 5.92 Å². The van der Waals surface area contributed by atoms with Crippen LogP contribution in [0.1, 0.15) is 31.7 Å². The van der Waals surface area contributed by atoms with Crippen LogP contribution in [0.15, 0.2) is 29.0 Å². The Morgan fingerprint density at radius 2 is 2.39 bits per heavy atom. The topological polar surface area (TPSA) is 63.8 Å². The van der Waals surface area contributed by atoms with Crippen LogP contribution in [0.3, 0.4) is 0 Å². The summed E-state index contributed by atoms with van der Waals surface area (Å²) in [5.74, 6) is 1.99. The molecule has 0 saturated carbocycles. The van der Waals surface area contributed by atoms with Gasteiger partial charge in [-0.3, -0.25) is 4.98 Å². The summed E-state index contributed by atoms with van der Waals surface area (Å²) in [7, 11) is 0. The molecule has 3 heterocycles. The summed E-state index contributed by atoms with van der Waals surface area (Å²) in [6.07, 6.45) is 5.73. The van der Waals surface area contributed by atoms with E-state index < -0.39 is 0 Å². The van der Waals surface area contributed by atoms with Crippen LogP contribution in [0.5, 0.6) is 0 Å². The van der Waals surface area contributed by atoms with Gasteiger partial charge in [0, 0.05) is 18.0 Å². The van der Waals surface area contributed by atoms with Crippen molar-refractivity contribution < 1.29 is 4.52 Å². The molecule has 2 aromatic heterocycles. The third kappa shape index (κ3) is 2.26. The quantitative estimate of drug-likeness (QED) is 0.877. The summed E-state index contributed by atoms with van der Waals surface area (Å²) in [6.45, 7) is 3.27. The van der Waals surface area contributed by atoms with Gasteiger partial charge < -0.3 is 9.84 Å². The molecule has 1 aliphatic rings. The van der Waals surface area contributed by atoms with Gasteiger partial charge in [0.05, 0.1) is 6.04 Å². The van der Waals surface area contributed by atoms with E-state index in [2.05, 4.69) is 27.4 Å². The van der Waals surface area contributed by atoms with Crippen LogP contribution in [-0.2, 0) is 0 Å². The molecule has 94 valence electrons. The second-order valence-corrected chi connectivity index (χ2v) is 4.83. The van der Waals surface area contributed by atoms with Gasteiger partial charge in [0.25, 0.3) is 0 Å². The molecule has 5 nitrogen and oxygen atoms in total. The lowest BCUT2D eigenvalue weighted by Crippen LogP contribution is -2.30. The molecule has 0 spiro atoms. The first-order valence-electron chi connectivity index (χ1n) is 6.30. The number of nitrogens with one attached hydrogen (secondary N) is 1. The Morgan fingerprint density at radius 3 is 3.17 bits per heavy atom. The van der Waals surface area contributed by atoms with Gasteiger partial charge in [-0.2, -0.15) is 4.98 Å². The van der Waals surface area contributed by atoms with Crippen LogP contribution in [0.4, 0.5) is 0 Å². The fourth-order valence-electron chi connectivity index (χ4n) is 2.28. The first kappa shape index (κ1) is 11.3. The van der Waals surface area contributed by atoms with Crippen molar-refractivity contribution in [1.82, 2.24) is 20.4 Å². The van der Waals surface area contributed by atoms with Crippen LogP contribution in [0.2, 0.25) is 0 Å². The van der Waals surface area contributed by atoms with E-state index in [1.165, 1.54) is 6.42 Å². The van der Waals surface area contributed by atoms with E-state index in [9.17, 15) is 0 Å². The average molecular weight is 244 g/mol. The third-order valence-electron chi connectivity index (χ3n) is 3.33. The van der Waals surface area contributed by atoms with Gasteiger partial charge in [0.15, 0.2) is 0 Å². The van der Waals surface area contributed by atoms with Gasteiger partial charge in [-0.15, -0.1) is 0 Å². The van der Waals surface area contributed by atoms with Crippen molar-refractivity contribution in [3.05, 3.63) is 30.4 Å². The molecule has 5 heteroatoms. The van der Waals surface area contributed by atoms with Gasteiger partial charge >= 0.3 is 0 Å². The number of hydrogen-bond acceptors (Lipinski definition) is 5. The minimum Gasteiger partial charge on any atom is -0.337 e. The number of aromatic nitrogens is 3. The molecule has 1 aliphatic heterocycles. The zero-order chi connectivity index (χ0) is 12.4. The zero-order valence-electron chi connectivity index (χ0n) is 10.3. The van der Waals surface area contributed by atoms with Crippen molar-refractivity contribution in [3.8, 4) is 11.4 Å². The van der Waals surface area contributed by atoms with Crippen LogP contribution in [-0.4, -0.2) is 21.7 Å². The van der Waals surface area contributed by atoms with E-state index in [4.69, 9.17) is 4.52 Å². The van der Waals surface area contributed by atoms with Crippen LogP contribution in [0.25, 0.3) is 11.4 Å². The molecule has 2 atom stereocenters. The van der Waals surface area contributed by atoms with Gasteiger partial charge in [-0.25, -0.2) is 0 Å². The predicted octanol–water partition coefficient (Wildman–Crippen LogP) is 2.19. The lowest BCUT2D eigenvalue weighted by Gasteiger charge is -2.25. The fourth-order valence-corrected chi connectivity index (χ4v) is 2.28.